The fraction of sp³-hybridized carbons (Fsp3) is 0.556. The maximum Gasteiger partial charge on any atom is 0.272 e. The molecule has 1 aromatic heterocycles. The van der Waals surface area contributed by atoms with Crippen molar-refractivity contribution in [1.82, 2.24) is 20.0 Å². The van der Waals surface area contributed by atoms with E-state index in [0.717, 1.165) is 23.7 Å². The van der Waals surface area contributed by atoms with Gasteiger partial charge in [-0.15, -0.1) is 0 Å². The van der Waals surface area contributed by atoms with E-state index in [2.05, 4.69) is 22.4 Å². The molecule has 2 bridgehead atoms. The van der Waals surface area contributed by atoms with Crippen LogP contribution in [-0.4, -0.2) is 45.8 Å². The Kier molecular flexibility index (Phi) is 6.21. The number of nitrogens with one attached hydrogen (secondary N) is 1. The summed E-state index contributed by atoms with van der Waals surface area (Å²) in [6.45, 7) is 0. The highest BCUT2D eigenvalue weighted by molar-refractivity contribution is 7.40. The molecule has 2 aliphatic heterocycles. The summed E-state index contributed by atoms with van der Waals surface area (Å²) >= 11 is 0. The predicted molar refractivity (Wildman–Crippen MR) is 98.0 cm³/mol. The Morgan fingerprint density at radius 1 is 1.14 bits per heavy atom. The van der Waals surface area contributed by atoms with Crippen LogP contribution >= 0.6 is 7.82 Å². The molecule has 154 valence electrons. The van der Waals surface area contributed by atoms with Gasteiger partial charge in [-0.2, -0.15) is 12.9 Å². The standard InChI is InChI=1S/C18H24N4O.H3O4P/c1-21-13-6-5-7-14(21)11-12(10-13)19-18(23)17-15-8-3-4-9-16(15)22(2)20-17;1-5(2,3)4/h3-4,8-9,12-14H,5-7,10-11H2,1-2H3,(H,19,23);(H3,1,2,3,4)/p-3/t13-,14-;/m0./s1. The summed E-state index contributed by atoms with van der Waals surface area (Å²) in [7, 11) is -1.27. The van der Waals surface area contributed by atoms with Crippen molar-refractivity contribution >= 4 is 24.6 Å². The van der Waals surface area contributed by atoms with E-state index in [1.54, 1.807) is 4.68 Å². The van der Waals surface area contributed by atoms with Gasteiger partial charge in [0.25, 0.3) is 5.91 Å². The number of aryl methyl sites for hydroxylation is 1. The third kappa shape index (κ3) is 4.98. The van der Waals surface area contributed by atoms with Crippen molar-refractivity contribution in [3.8, 4) is 0 Å². The quantitative estimate of drug-likeness (QED) is 0.662. The van der Waals surface area contributed by atoms with Crippen LogP contribution in [0, 0.1) is 0 Å². The smallest absolute Gasteiger partial charge is 0.272 e. The molecule has 0 radical (unpaired) electrons. The number of aromatic nitrogens is 2. The summed E-state index contributed by atoms with van der Waals surface area (Å²) in [5, 5.41) is 8.62. The van der Waals surface area contributed by atoms with Gasteiger partial charge in [-0.05, 0) is 38.8 Å². The van der Waals surface area contributed by atoms with Crippen LogP contribution in [0.4, 0.5) is 0 Å². The molecule has 4 rings (SSSR count). The van der Waals surface area contributed by atoms with Crippen molar-refractivity contribution in [1.29, 1.82) is 0 Å². The average Bonchev–Trinajstić information content (AvgIpc) is 2.92. The van der Waals surface area contributed by atoms with Crippen LogP contribution in [-0.2, 0) is 11.6 Å². The van der Waals surface area contributed by atoms with E-state index in [1.165, 1.54) is 19.3 Å². The first-order valence-electron chi connectivity index (χ1n) is 9.31. The second-order valence-corrected chi connectivity index (χ2v) is 8.38. The number of piperidine rings is 2. The van der Waals surface area contributed by atoms with Gasteiger partial charge in [-0.3, -0.25) is 9.48 Å². The highest BCUT2D eigenvalue weighted by Crippen LogP contribution is 2.32. The lowest BCUT2D eigenvalue weighted by Gasteiger charge is -2.47. The van der Waals surface area contributed by atoms with Gasteiger partial charge in [0.15, 0.2) is 5.69 Å². The second kappa shape index (κ2) is 8.31. The molecule has 2 fully saturated rings. The van der Waals surface area contributed by atoms with Crippen molar-refractivity contribution in [2.75, 3.05) is 7.05 Å². The van der Waals surface area contributed by atoms with E-state index in [-0.39, 0.29) is 11.9 Å². The topological polar surface area (TPSA) is 136 Å². The molecule has 3 heterocycles. The van der Waals surface area contributed by atoms with Crippen LogP contribution < -0.4 is 20.0 Å². The monoisotopic (exact) mass is 407 g/mol. The minimum absolute atomic E-state index is 0.0329. The summed E-state index contributed by atoms with van der Waals surface area (Å²) in [5.74, 6) is -0.0329. The third-order valence-electron chi connectivity index (χ3n) is 5.65. The van der Waals surface area contributed by atoms with Crippen LogP contribution in [0.5, 0.6) is 0 Å². The van der Waals surface area contributed by atoms with E-state index in [1.807, 2.05) is 31.3 Å². The molecule has 0 spiro atoms. The maximum atomic E-state index is 12.7. The molecule has 1 aromatic carbocycles. The lowest BCUT2D eigenvalue weighted by Crippen LogP contribution is -2.55. The normalized spacial score (nSPS) is 25.1. The lowest BCUT2D eigenvalue weighted by atomic mass is 9.82. The Morgan fingerprint density at radius 2 is 1.71 bits per heavy atom. The number of hydrogen-bond donors (Lipinski definition) is 1. The third-order valence-corrected chi connectivity index (χ3v) is 5.65. The minimum atomic E-state index is -5.39. The number of hydrogen-bond acceptors (Lipinski definition) is 7. The lowest BCUT2D eigenvalue weighted by molar-refractivity contribution is -0.432. The van der Waals surface area contributed by atoms with Gasteiger partial charge in [-0.25, -0.2) is 0 Å². The van der Waals surface area contributed by atoms with Crippen LogP contribution in [0.3, 0.4) is 0 Å². The summed E-state index contributed by atoms with van der Waals surface area (Å²) < 4.78 is 10.3. The minimum Gasteiger partial charge on any atom is -0.822 e. The first-order chi connectivity index (χ1) is 13.1. The molecule has 2 atom stereocenters. The van der Waals surface area contributed by atoms with Gasteiger partial charge in [-0.1, -0.05) is 24.6 Å². The number of rotatable bonds is 2. The number of phosphoric acid groups is 1. The number of carbonyl (C=O) groups is 1. The number of para-hydroxylation sites is 1. The molecular formula is C18H24N4O5P-3. The first-order valence-corrected chi connectivity index (χ1v) is 10.8. The molecule has 0 saturated carbocycles. The predicted octanol–water partition coefficient (Wildman–Crippen LogP) is -0.506. The van der Waals surface area contributed by atoms with Crippen LogP contribution in [0.1, 0.15) is 42.6 Å². The molecule has 10 heteroatoms. The number of carbonyl (C=O) groups excluding carboxylic acids is 1. The van der Waals surface area contributed by atoms with E-state index in [0.29, 0.717) is 17.8 Å². The zero-order valence-corrected chi connectivity index (χ0v) is 16.8. The summed E-state index contributed by atoms with van der Waals surface area (Å²) in [5.41, 5.74) is 1.55. The molecule has 28 heavy (non-hydrogen) atoms. The average molecular weight is 407 g/mol. The number of benzene rings is 1. The van der Waals surface area contributed by atoms with Crippen LogP contribution in [0.2, 0.25) is 0 Å². The van der Waals surface area contributed by atoms with E-state index in [4.69, 9.17) is 19.2 Å². The van der Waals surface area contributed by atoms with Crippen LogP contribution in [0.25, 0.3) is 10.9 Å². The summed E-state index contributed by atoms with van der Waals surface area (Å²) in [6.07, 6.45) is 5.95. The number of fused-ring (bicyclic) bond motifs is 3. The zero-order valence-electron chi connectivity index (χ0n) is 15.9. The highest BCUT2D eigenvalue weighted by atomic mass is 31.2. The van der Waals surface area contributed by atoms with Crippen LogP contribution in [0.15, 0.2) is 24.3 Å². The van der Waals surface area contributed by atoms with Crippen molar-refractivity contribution < 1.29 is 24.0 Å². The SMILES string of the molecule is CN1[C@H]2CCC[C@H]1CC(NC(=O)c1nn(C)c3ccccc13)C2.O=P([O-])([O-])[O-]. The molecule has 2 saturated heterocycles. The first kappa shape index (κ1) is 21.0. The van der Waals surface area contributed by atoms with Gasteiger partial charge >= 0.3 is 0 Å². The molecule has 1 amide bonds. The Labute approximate surface area is 163 Å². The molecule has 1 N–H and O–H groups in total. The molecule has 9 nitrogen and oxygen atoms in total. The Bertz CT molecular complexity index is 873. The second-order valence-electron chi connectivity index (χ2n) is 7.48. The van der Waals surface area contributed by atoms with Crippen molar-refractivity contribution in [2.45, 2.75) is 50.2 Å². The molecule has 0 unspecified atom stereocenters. The fourth-order valence-electron chi connectivity index (χ4n) is 4.37. The van der Waals surface area contributed by atoms with Crippen molar-refractivity contribution in [2.24, 2.45) is 7.05 Å². The number of nitrogens with zero attached hydrogens (tertiary/aromatic N) is 3. The summed E-state index contributed by atoms with van der Waals surface area (Å²) in [6, 6.07) is 9.42. The van der Waals surface area contributed by atoms with Crippen molar-refractivity contribution in [3.05, 3.63) is 30.0 Å². The largest absolute Gasteiger partial charge is 0.822 e. The Balaban J connectivity index is 0.000000403. The van der Waals surface area contributed by atoms with Gasteiger partial charge in [0.05, 0.1) is 5.52 Å². The Hall–Kier alpha value is -1.77. The molecule has 2 aliphatic rings. The van der Waals surface area contributed by atoms with E-state index in [9.17, 15) is 4.79 Å². The van der Waals surface area contributed by atoms with Gasteiger partial charge in [0, 0.05) is 30.6 Å². The molecule has 2 aromatic rings. The van der Waals surface area contributed by atoms with Gasteiger partial charge in [0.1, 0.15) is 0 Å². The van der Waals surface area contributed by atoms with Gasteiger partial charge in [0.2, 0.25) is 0 Å². The Morgan fingerprint density at radius 3 is 2.32 bits per heavy atom. The van der Waals surface area contributed by atoms with Gasteiger partial charge < -0.3 is 29.5 Å². The molecular weight excluding hydrogens is 383 g/mol. The number of amides is 1. The maximum absolute atomic E-state index is 12.7. The summed E-state index contributed by atoms with van der Waals surface area (Å²) in [4.78, 5) is 40.9. The zero-order chi connectivity index (χ0) is 20.5. The fourth-order valence-corrected chi connectivity index (χ4v) is 4.37. The van der Waals surface area contributed by atoms with Crippen molar-refractivity contribution in [3.63, 3.8) is 0 Å². The van der Waals surface area contributed by atoms with E-state index < -0.39 is 7.82 Å². The molecule has 0 aliphatic carbocycles. The van der Waals surface area contributed by atoms with E-state index >= 15 is 0 Å². The highest BCUT2D eigenvalue weighted by Gasteiger charge is 2.36.